The van der Waals surface area contributed by atoms with E-state index in [2.05, 4.69) is 4.72 Å². The summed E-state index contributed by atoms with van der Waals surface area (Å²) in [6, 6.07) is 3.17. The van der Waals surface area contributed by atoms with Gasteiger partial charge in [0.2, 0.25) is 10.0 Å². The molecule has 1 rings (SSSR count). The van der Waals surface area contributed by atoms with Crippen LogP contribution in [0.5, 0.6) is 0 Å². The number of nitrogens with one attached hydrogen (secondary N) is 1. The van der Waals surface area contributed by atoms with Gasteiger partial charge < -0.3 is 15.6 Å². The lowest BCUT2D eigenvalue weighted by Crippen LogP contribution is -2.41. The third-order valence-electron chi connectivity index (χ3n) is 3.40. The molecule has 1 atom stereocenters. The predicted molar refractivity (Wildman–Crippen MR) is 82.6 cm³/mol. The summed E-state index contributed by atoms with van der Waals surface area (Å²) >= 11 is 0. The normalized spacial score (nSPS) is 14.9. The Morgan fingerprint density at radius 1 is 1.33 bits per heavy atom. The molecular weight excluding hydrogens is 292 g/mol. The molecule has 0 saturated carbocycles. The van der Waals surface area contributed by atoms with Crippen molar-refractivity contribution in [1.29, 1.82) is 0 Å². The molecule has 21 heavy (non-hydrogen) atoms. The summed E-state index contributed by atoms with van der Waals surface area (Å²) in [5, 5.41) is 10.1. The number of aryl methyl sites for hydroxylation is 2. The Balaban J connectivity index is 2.90. The smallest absolute Gasteiger partial charge is 0.242 e. The Morgan fingerprint density at radius 2 is 1.90 bits per heavy atom. The van der Waals surface area contributed by atoms with Gasteiger partial charge in [-0.3, -0.25) is 0 Å². The molecule has 0 amide bonds. The number of hydrogen-bond acceptors (Lipinski definition) is 5. The van der Waals surface area contributed by atoms with E-state index < -0.39 is 15.6 Å². The van der Waals surface area contributed by atoms with Crippen molar-refractivity contribution in [2.75, 3.05) is 26.0 Å². The number of hydrogen-bond donors (Lipinski definition) is 3. The van der Waals surface area contributed by atoms with Crippen molar-refractivity contribution in [3.05, 3.63) is 23.3 Å². The van der Waals surface area contributed by atoms with E-state index in [1.807, 2.05) is 13.8 Å². The Bertz CT molecular complexity index is 597. The zero-order valence-electron chi connectivity index (χ0n) is 12.9. The van der Waals surface area contributed by atoms with Gasteiger partial charge in [0.25, 0.3) is 0 Å². The number of aliphatic hydroxyl groups is 1. The first-order valence-electron chi connectivity index (χ1n) is 6.67. The Morgan fingerprint density at radius 3 is 2.48 bits per heavy atom. The Hall–Kier alpha value is -1.15. The number of sulfonamides is 1. The van der Waals surface area contributed by atoms with Gasteiger partial charge in [-0.15, -0.1) is 0 Å². The van der Waals surface area contributed by atoms with Gasteiger partial charge in [-0.1, -0.05) is 0 Å². The van der Waals surface area contributed by atoms with Crippen LogP contribution in [0.3, 0.4) is 0 Å². The standard InChI is InChI=1S/C14H24N2O4S/c1-10-7-12(15)13(8-11(10)2)21(18,19)16-9-14(3,17)5-6-20-4/h7-8,16-17H,5-6,9,15H2,1-4H3. The van der Waals surface area contributed by atoms with E-state index in [-0.39, 0.29) is 17.1 Å². The molecule has 0 heterocycles. The fourth-order valence-corrected chi connectivity index (χ4v) is 3.14. The minimum absolute atomic E-state index is 0.0353. The summed E-state index contributed by atoms with van der Waals surface area (Å²) in [6.45, 7) is 5.48. The second kappa shape index (κ2) is 6.74. The first kappa shape index (κ1) is 17.9. The molecule has 0 bridgehead atoms. The molecule has 0 radical (unpaired) electrons. The number of nitrogens with two attached hydrogens (primary N) is 1. The maximum absolute atomic E-state index is 12.3. The van der Waals surface area contributed by atoms with E-state index in [9.17, 15) is 13.5 Å². The number of methoxy groups -OCH3 is 1. The van der Waals surface area contributed by atoms with Crippen molar-refractivity contribution in [3.63, 3.8) is 0 Å². The minimum Gasteiger partial charge on any atom is -0.398 e. The number of nitrogen functional groups attached to an aromatic ring is 1. The van der Waals surface area contributed by atoms with Crippen LogP contribution in [0.25, 0.3) is 0 Å². The summed E-state index contributed by atoms with van der Waals surface area (Å²) in [5.41, 5.74) is 6.58. The van der Waals surface area contributed by atoms with Crippen LogP contribution in [0.1, 0.15) is 24.5 Å². The van der Waals surface area contributed by atoms with E-state index in [4.69, 9.17) is 10.5 Å². The molecule has 1 unspecified atom stereocenters. The molecular formula is C14H24N2O4S. The van der Waals surface area contributed by atoms with Crippen LogP contribution in [0.2, 0.25) is 0 Å². The Labute approximate surface area is 126 Å². The van der Waals surface area contributed by atoms with Crippen LogP contribution in [-0.2, 0) is 14.8 Å². The summed E-state index contributed by atoms with van der Waals surface area (Å²) in [6.07, 6.45) is 0.328. The molecule has 4 N–H and O–H groups in total. The van der Waals surface area contributed by atoms with E-state index in [0.29, 0.717) is 13.0 Å². The zero-order valence-corrected chi connectivity index (χ0v) is 13.8. The van der Waals surface area contributed by atoms with Crippen molar-refractivity contribution < 1.29 is 18.3 Å². The lowest BCUT2D eigenvalue weighted by molar-refractivity contribution is 0.0292. The highest BCUT2D eigenvalue weighted by molar-refractivity contribution is 7.89. The van der Waals surface area contributed by atoms with Crippen LogP contribution < -0.4 is 10.5 Å². The molecule has 0 aromatic heterocycles. The number of anilines is 1. The van der Waals surface area contributed by atoms with Gasteiger partial charge in [0, 0.05) is 26.7 Å². The van der Waals surface area contributed by atoms with Crippen molar-refractivity contribution >= 4 is 15.7 Å². The fraction of sp³-hybridized carbons (Fsp3) is 0.571. The predicted octanol–water partition coefficient (Wildman–Crippen LogP) is 0.951. The van der Waals surface area contributed by atoms with Crippen LogP contribution in [0, 0.1) is 13.8 Å². The molecule has 1 aromatic rings. The third-order valence-corrected chi connectivity index (χ3v) is 4.86. The highest BCUT2D eigenvalue weighted by Gasteiger charge is 2.25. The second-order valence-corrected chi connectivity index (χ2v) is 7.27. The molecule has 7 heteroatoms. The van der Waals surface area contributed by atoms with Crippen LogP contribution in [-0.4, -0.2) is 39.4 Å². The van der Waals surface area contributed by atoms with Crippen molar-refractivity contribution in [3.8, 4) is 0 Å². The molecule has 0 aliphatic heterocycles. The number of rotatable bonds is 7. The second-order valence-electron chi connectivity index (χ2n) is 5.54. The van der Waals surface area contributed by atoms with Crippen molar-refractivity contribution in [2.24, 2.45) is 0 Å². The van der Waals surface area contributed by atoms with Gasteiger partial charge in [0.15, 0.2) is 0 Å². The summed E-state index contributed by atoms with van der Waals surface area (Å²) in [4.78, 5) is 0.0353. The zero-order chi connectivity index (χ0) is 16.3. The van der Waals surface area contributed by atoms with Gasteiger partial charge in [-0.2, -0.15) is 0 Å². The third kappa shape index (κ3) is 4.96. The fourth-order valence-electron chi connectivity index (χ4n) is 1.78. The van der Waals surface area contributed by atoms with Crippen LogP contribution in [0.4, 0.5) is 5.69 Å². The molecule has 6 nitrogen and oxygen atoms in total. The Kier molecular flexibility index (Phi) is 5.75. The average molecular weight is 316 g/mol. The van der Waals surface area contributed by atoms with Crippen molar-refractivity contribution in [1.82, 2.24) is 4.72 Å². The number of benzene rings is 1. The molecule has 0 aliphatic rings. The summed E-state index contributed by atoms with van der Waals surface area (Å²) < 4.78 is 31.9. The highest BCUT2D eigenvalue weighted by atomic mass is 32.2. The minimum atomic E-state index is -3.76. The van der Waals surface area contributed by atoms with Gasteiger partial charge in [-0.05, 0) is 44.0 Å². The molecule has 0 fully saturated rings. The SMILES string of the molecule is COCCC(C)(O)CNS(=O)(=O)c1cc(C)c(C)cc1N. The van der Waals surface area contributed by atoms with E-state index in [1.54, 1.807) is 13.0 Å². The average Bonchev–Trinajstić information content (AvgIpc) is 2.38. The summed E-state index contributed by atoms with van der Waals surface area (Å²) in [5.74, 6) is 0. The molecule has 0 spiro atoms. The van der Waals surface area contributed by atoms with Crippen molar-refractivity contribution in [2.45, 2.75) is 37.7 Å². The van der Waals surface area contributed by atoms with Gasteiger partial charge in [0.1, 0.15) is 4.90 Å². The van der Waals surface area contributed by atoms with Crippen LogP contribution in [0.15, 0.2) is 17.0 Å². The highest BCUT2D eigenvalue weighted by Crippen LogP contribution is 2.23. The maximum atomic E-state index is 12.3. The topological polar surface area (TPSA) is 102 Å². The van der Waals surface area contributed by atoms with E-state index in [1.165, 1.54) is 13.2 Å². The quantitative estimate of drug-likeness (QED) is 0.650. The van der Waals surface area contributed by atoms with Crippen LogP contribution >= 0.6 is 0 Å². The van der Waals surface area contributed by atoms with E-state index >= 15 is 0 Å². The molecule has 0 aliphatic carbocycles. The summed E-state index contributed by atoms with van der Waals surface area (Å²) in [7, 11) is -2.24. The molecule has 0 saturated heterocycles. The first-order chi connectivity index (χ1) is 9.59. The van der Waals surface area contributed by atoms with Gasteiger partial charge in [-0.25, -0.2) is 13.1 Å². The first-order valence-corrected chi connectivity index (χ1v) is 8.15. The number of ether oxygens (including phenoxy) is 1. The van der Waals surface area contributed by atoms with E-state index in [0.717, 1.165) is 11.1 Å². The molecule has 120 valence electrons. The lowest BCUT2D eigenvalue weighted by Gasteiger charge is -2.23. The lowest BCUT2D eigenvalue weighted by atomic mass is 10.0. The van der Waals surface area contributed by atoms with Gasteiger partial charge in [0.05, 0.1) is 11.3 Å². The molecule has 1 aromatic carbocycles. The largest absolute Gasteiger partial charge is 0.398 e. The maximum Gasteiger partial charge on any atom is 0.242 e. The monoisotopic (exact) mass is 316 g/mol. The van der Waals surface area contributed by atoms with Gasteiger partial charge >= 0.3 is 0 Å².